The number of para-hydroxylation sites is 1. The Morgan fingerprint density at radius 1 is 1.17 bits per heavy atom. The summed E-state index contributed by atoms with van der Waals surface area (Å²) in [6, 6.07) is 7.41. The molecule has 4 saturated carbocycles. The van der Waals surface area contributed by atoms with E-state index in [0.717, 1.165) is 48.3 Å². The van der Waals surface area contributed by atoms with Crippen molar-refractivity contribution in [2.75, 3.05) is 7.11 Å². The summed E-state index contributed by atoms with van der Waals surface area (Å²) < 4.78 is 5.27. The van der Waals surface area contributed by atoms with E-state index >= 15 is 0 Å². The van der Waals surface area contributed by atoms with E-state index in [2.05, 4.69) is 15.8 Å². The molecule has 0 heterocycles. The van der Waals surface area contributed by atoms with Crippen LogP contribution in [0.2, 0.25) is 0 Å². The third-order valence-electron chi connectivity index (χ3n) is 5.93. The second kappa shape index (κ2) is 6.11. The number of ether oxygens (including phenoxy) is 1. The summed E-state index contributed by atoms with van der Waals surface area (Å²) in [5, 5.41) is 7.33. The van der Waals surface area contributed by atoms with Gasteiger partial charge in [-0.1, -0.05) is 12.1 Å². The molecule has 128 valence electrons. The Kier molecular flexibility index (Phi) is 3.94. The van der Waals surface area contributed by atoms with Gasteiger partial charge in [0.25, 0.3) is 0 Å². The summed E-state index contributed by atoms with van der Waals surface area (Å²) in [5.74, 6) is 3.18. The zero-order valence-electron chi connectivity index (χ0n) is 14.1. The van der Waals surface area contributed by atoms with Gasteiger partial charge >= 0.3 is 6.03 Å². The van der Waals surface area contributed by atoms with Gasteiger partial charge in [0.1, 0.15) is 5.75 Å². The molecular formula is C19H25N3O2. The highest BCUT2D eigenvalue weighted by molar-refractivity contribution is 5.85. The highest BCUT2D eigenvalue weighted by Crippen LogP contribution is 2.55. The molecule has 5 rings (SSSR count). The van der Waals surface area contributed by atoms with Crippen molar-refractivity contribution in [2.24, 2.45) is 22.9 Å². The van der Waals surface area contributed by atoms with Crippen molar-refractivity contribution < 1.29 is 9.53 Å². The van der Waals surface area contributed by atoms with Crippen molar-refractivity contribution in [3.05, 3.63) is 29.8 Å². The van der Waals surface area contributed by atoms with E-state index in [4.69, 9.17) is 4.74 Å². The lowest BCUT2D eigenvalue weighted by molar-refractivity contribution is -0.0135. The van der Waals surface area contributed by atoms with E-state index in [1.165, 1.54) is 19.3 Å². The summed E-state index contributed by atoms with van der Waals surface area (Å²) in [4.78, 5) is 12.3. The minimum atomic E-state index is -0.192. The molecule has 0 radical (unpaired) electrons. The minimum absolute atomic E-state index is 0.0127. The van der Waals surface area contributed by atoms with Crippen molar-refractivity contribution >= 4 is 12.2 Å². The quantitative estimate of drug-likeness (QED) is 0.658. The summed E-state index contributed by atoms with van der Waals surface area (Å²) in [7, 11) is 1.62. The first-order valence-corrected chi connectivity index (χ1v) is 8.90. The highest BCUT2D eigenvalue weighted by Gasteiger charge is 2.51. The number of urea groups is 1. The van der Waals surface area contributed by atoms with Crippen LogP contribution in [0.3, 0.4) is 0 Å². The van der Waals surface area contributed by atoms with Gasteiger partial charge in [-0.05, 0) is 68.4 Å². The normalized spacial score (nSPS) is 33.6. The lowest BCUT2D eigenvalue weighted by atomic mass is 9.53. The number of benzene rings is 1. The fourth-order valence-corrected chi connectivity index (χ4v) is 5.47. The predicted octanol–water partition coefficient (Wildman–Crippen LogP) is 3.30. The van der Waals surface area contributed by atoms with Gasteiger partial charge in [-0.3, -0.25) is 0 Å². The Labute approximate surface area is 142 Å². The van der Waals surface area contributed by atoms with Crippen LogP contribution in [0.1, 0.15) is 44.1 Å². The summed E-state index contributed by atoms with van der Waals surface area (Å²) in [6.45, 7) is 0. The number of hydrogen-bond acceptors (Lipinski definition) is 3. The van der Waals surface area contributed by atoms with Crippen molar-refractivity contribution in [2.45, 2.75) is 44.1 Å². The predicted molar refractivity (Wildman–Crippen MR) is 93.2 cm³/mol. The molecule has 4 bridgehead atoms. The molecule has 0 saturated heterocycles. The lowest BCUT2D eigenvalue weighted by Gasteiger charge is -2.56. The second-order valence-corrected chi connectivity index (χ2v) is 7.76. The largest absolute Gasteiger partial charge is 0.496 e. The van der Waals surface area contributed by atoms with Gasteiger partial charge in [0, 0.05) is 11.1 Å². The highest BCUT2D eigenvalue weighted by atomic mass is 16.5. The maximum atomic E-state index is 12.3. The van der Waals surface area contributed by atoms with Crippen LogP contribution in [-0.2, 0) is 0 Å². The summed E-state index contributed by atoms with van der Waals surface area (Å²) >= 11 is 0. The van der Waals surface area contributed by atoms with Crippen molar-refractivity contribution in [3.8, 4) is 5.75 Å². The fourth-order valence-electron chi connectivity index (χ4n) is 5.47. The van der Waals surface area contributed by atoms with Crippen LogP contribution in [0.4, 0.5) is 4.79 Å². The zero-order valence-corrected chi connectivity index (χ0v) is 14.1. The van der Waals surface area contributed by atoms with Crippen LogP contribution in [-0.4, -0.2) is 24.9 Å². The van der Waals surface area contributed by atoms with E-state index < -0.39 is 0 Å². The molecule has 2 amide bonds. The van der Waals surface area contributed by atoms with Crippen LogP contribution in [0.15, 0.2) is 29.4 Å². The molecule has 1 aromatic carbocycles. The van der Waals surface area contributed by atoms with Crippen LogP contribution in [0.25, 0.3) is 0 Å². The van der Waals surface area contributed by atoms with Gasteiger partial charge in [0.05, 0.1) is 13.3 Å². The maximum absolute atomic E-state index is 12.3. The molecule has 2 N–H and O–H groups in total. The van der Waals surface area contributed by atoms with Gasteiger partial charge in [-0.2, -0.15) is 5.10 Å². The van der Waals surface area contributed by atoms with E-state index in [1.54, 1.807) is 13.3 Å². The van der Waals surface area contributed by atoms with Crippen LogP contribution >= 0.6 is 0 Å². The maximum Gasteiger partial charge on any atom is 0.335 e. The summed E-state index contributed by atoms with van der Waals surface area (Å²) in [5.41, 5.74) is 3.48. The molecule has 24 heavy (non-hydrogen) atoms. The molecule has 1 aromatic rings. The first-order valence-electron chi connectivity index (χ1n) is 8.90. The number of hydrazone groups is 1. The lowest BCUT2D eigenvalue weighted by Crippen LogP contribution is -2.61. The smallest absolute Gasteiger partial charge is 0.335 e. The number of amides is 2. The molecule has 5 nitrogen and oxygen atoms in total. The van der Waals surface area contributed by atoms with Crippen molar-refractivity contribution in [1.82, 2.24) is 10.7 Å². The number of rotatable bonds is 4. The van der Waals surface area contributed by atoms with Crippen molar-refractivity contribution in [1.29, 1.82) is 0 Å². The van der Waals surface area contributed by atoms with Crippen LogP contribution < -0.4 is 15.5 Å². The molecule has 0 aliphatic heterocycles. The Morgan fingerprint density at radius 3 is 2.42 bits per heavy atom. The van der Waals surface area contributed by atoms with Gasteiger partial charge < -0.3 is 10.1 Å². The molecular weight excluding hydrogens is 302 g/mol. The first-order chi connectivity index (χ1) is 11.7. The van der Waals surface area contributed by atoms with Gasteiger partial charge in [0.2, 0.25) is 0 Å². The zero-order chi connectivity index (χ0) is 16.6. The number of methoxy groups -OCH3 is 1. The molecule has 4 aliphatic carbocycles. The molecule has 0 unspecified atom stereocenters. The Morgan fingerprint density at radius 2 is 1.79 bits per heavy atom. The number of nitrogens with zero attached hydrogens (tertiary/aromatic N) is 1. The van der Waals surface area contributed by atoms with E-state index in [9.17, 15) is 4.79 Å². The third-order valence-corrected chi connectivity index (χ3v) is 5.93. The average Bonchev–Trinajstić information content (AvgIpc) is 2.53. The Balaban J connectivity index is 1.36. The SMILES string of the molecule is COc1ccccc1/C=N\NC(=O)NC12CC3CC(CC(C3)C1)C2. The topological polar surface area (TPSA) is 62.7 Å². The molecule has 0 atom stereocenters. The second-order valence-electron chi connectivity index (χ2n) is 7.76. The molecule has 4 aliphatic rings. The molecule has 5 heteroatoms. The van der Waals surface area contributed by atoms with E-state index in [-0.39, 0.29) is 11.6 Å². The molecule has 0 spiro atoms. The van der Waals surface area contributed by atoms with Gasteiger partial charge in [-0.15, -0.1) is 0 Å². The standard InChI is InChI=1S/C19H25N3O2/c1-24-17-5-3-2-4-16(17)12-20-22-18(23)21-19-9-13-6-14(10-19)8-15(7-13)11-19/h2-5,12-15H,6-11H2,1H3,(H2,21,22,23)/b20-12-. The number of nitrogens with one attached hydrogen (secondary N) is 2. The van der Waals surface area contributed by atoms with E-state index in [0.29, 0.717) is 0 Å². The van der Waals surface area contributed by atoms with Crippen LogP contribution in [0, 0.1) is 17.8 Å². The van der Waals surface area contributed by atoms with Gasteiger partial charge in [-0.25, -0.2) is 10.2 Å². The Bertz CT molecular complexity index is 620. The van der Waals surface area contributed by atoms with Crippen LogP contribution in [0.5, 0.6) is 5.75 Å². The minimum Gasteiger partial charge on any atom is -0.496 e. The fraction of sp³-hybridized carbons (Fsp3) is 0.579. The number of carbonyl (C=O) groups excluding carboxylic acids is 1. The first kappa shape index (κ1) is 15.5. The summed E-state index contributed by atoms with van der Waals surface area (Å²) in [6.07, 6.45) is 9.16. The Hall–Kier alpha value is -2.04. The molecule has 0 aromatic heterocycles. The van der Waals surface area contributed by atoms with Crippen molar-refractivity contribution in [3.63, 3.8) is 0 Å². The van der Waals surface area contributed by atoms with E-state index in [1.807, 2.05) is 24.3 Å². The average molecular weight is 327 g/mol. The number of hydrogen-bond donors (Lipinski definition) is 2. The molecule has 4 fully saturated rings. The monoisotopic (exact) mass is 327 g/mol. The number of carbonyl (C=O) groups is 1. The third kappa shape index (κ3) is 2.99. The van der Waals surface area contributed by atoms with Gasteiger partial charge in [0.15, 0.2) is 0 Å².